The lowest BCUT2D eigenvalue weighted by Crippen LogP contribution is -2.38. The van der Waals surface area contributed by atoms with Crippen LogP contribution in [0.15, 0.2) is 12.1 Å². The maximum atomic E-state index is 14.1. The highest BCUT2D eigenvalue weighted by Crippen LogP contribution is 2.30. The average molecular weight is 315 g/mol. The number of halogens is 2. The van der Waals surface area contributed by atoms with Crippen molar-refractivity contribution in [1.82, 2.24) is 5.32 Å². The van der Waals surface area contributed by atoms with Crippen LogP contribution in [0.5, 0.6) is 5.75 Å². The van der Waals surface area contributed by atoms with Gasteiger partial charge in [-0.3, -0.25) is 4.79 Å². The van der Waals surface area contributed by atoms with E-state index >= 15 is 0 Å². The van der Waals surface area contributed by atoms with E-state index < -0.39 is 23.1 Å². The third-order valence-electron chi connectivity index (χ3n) is 4.27. The van der Waals surface area contributed by atoms with E-state index in [0.717, 1.165) is 25.0 Å². The molecule has 0 fully saturated rings. The molecule has 0 spiro atoms. The maximum absolute atomic E-state index is 14.1. The number of amides is 1. The van der Waals surface area contributed by atoms with Crippen molar-refractivity contribution in [1.29, 1.82) is 0 Å². The lowest BCUT2D eigenvalue weighted by molar-refractivity contribution is 0.0898. The highest BCUT2D eigenvalue weighted by atomic mass is 19.1. The third kappa shape index (κ3) is 3.94. The summed E-state index contributed by atoms with van der Waals surface area (Å²) in [5.41, 5.74) is -0.930. The molecule has 4 nitrogen and oxygen atoms in total. The Bertz CT molecular complexity index is 516. The van der Waals surface area contributed by atoms with E-state index in [9.17, 15) is 13.6 Å². The first-order chi connectivity index (χ1) is 10.4. The van der Waals surface area contributed by atoms with Gasteiger partial charge in [-0.25, -0.2) is 8.78 Å². The molecule has 0 aliphatic rings. The Labute approximate surface area is 129 Å². The van der Waals surface area contributed by atoms with E-state index in [0.29, 0.717) is 6.42 Å². The summed E-state index contributed by atoms with van der Waals surface area (Å²) < 4.78 is 32.6. The number of aliphatic hydroxyl groups is 1. The molecule has 0 aliphatic carbocycles. The Morgan fingerprint density at radius 1 is 1.32 bits per heavy atom. The molecule has 22 heavy (non-hydrogen) atoms. The van der Waals surface area contributed by atoms with Gasteiger partial charge in [0.1, 0.15) is 11.4 Å². The van der Waals surface area contributed by atoms with Gasteiger partial charge in [-0.1, -0.05) is 13.8 Å². The minimum absolute atomic E-state index is 0.000563. The van der Waals surface area contributed by atoms with E-state index in [1.165, 1.54) is 7.11 Å². The van der Waals surface area contributed by atoms with Crippen LogP contribution in [0.3, 0.4) is 0 Å². The second-order valence-corrected chi connectivity index (χ2v) is 5.30. The number of methoxy groups -OCH3 is 1. The lowest BCUT2D eigenvalue weighted by atomic mass is 9.79. The first kappa shape index (κ1) is 18.4. The molecule has 1 rings (SSSR count). The van der Waals surface area contributed by atoms with Gasteiger partial charge in [0.25, 0.3) is 5.91 Å². The number of aliphatic hydroxyl groups excluding tert-OH is 1. The standard InChI is InChI=1S/C16H23F2NO3/c1-4-16(5-2,8-9-20)10-19-15(21)13-11(17)6-7-12(22-3)14(13)18/h6-7,20H,4-5,8-10H2,1-3H3,(H,19,21). The molecule has 0 atom stereocenters. The molecule has 0 saturated heterocycles. The number of carbonyl (C=O) groups excluding carboxylic acids is 1. The zero-order chi connectivity index (χ0) is 16.8. The first-order valence-corrected chi connectivity index (χ1v) is 7.35. The van der Waals surface area contributed by atoms with Gasteiger partial charge in [0.2, 0.25) is 0 Å². The minimum Gasteiger partial charge on any atom is -0.494 e. The molecule has 0 unspecified atom stereocenters. The van der Waals surface area contributed by atoms with Crippen LogP contribution in [0.2, 0.25) is 0 Å². The van der Waals surface area contributed by atoms with Crippen molar-refractivity contribution >= 4 is 5.91 Å². The van der Waals surface area contributed by atoms with Gasteiger partial charge < -0.3 is 15.2 Å². The Morgan fingerprint density at radius 2 is 1.95 bits per heavy atom. The van der Waals surface area contributed by atoms with Crippen molar-refractivity contribution < 1.29 is 23.4 Å². The van der Waals surface area contributed by atoms with Gasteiger partial charge in [-0.2, -0.15) is 0 Å². The van der Waals surface area contributed by atoms with E-state index in [4.69, 9.17) is 9.84 Å². The minimum atomic E-state index is -1.01. The number of rotatable bonds is 8. The van der Waals surface area contributed by atoms with Gasteiger partial charge in [0.15, 0.2) is 11.6 Å². The van der Waals surface area contributed by atoms with Crippen molar-refractivity contribution in [3.63, 3.8) is 0 Å². The summed E-state index contributed by atoms with van der Waals surface area (Å²) in [5.74, 6) is -2.95. The van der Waals surface area contributed by atoms with Crippen molar-refractivity contribution in [2.75, 3.05) is 20.3 Å². The quantitative estimate of drug-likeness (QED) is 0.775. The summed E-state index contributed by atoms with van der Waals surface area (Å²) >= 11 is 0. The fourth-order valence-electron chi connectivity index (χ4n) is 2.43. The Morgan fingerprint density at radius 3 is 2.45 bits per heavy atom. The molecule has 0 aliphatic heterocycles. The SMILES string of the molecule is CCC(CC)(CCO)CNC(=O)c1c(F)ccc(OC)c1F. The molecule has 1 aromatic carbocycles. The molecule has 124 valence electrons. The Kier molecular flexibility index (Phi) is 6.74. The zero-order valence-electron chi connectivity index (χ0n) is 13.2. The van der Waals surface area contributed by atoms with Crippen molar-refractivity contribution in [2.45, 2.75) is 33.1 Å². The molecule has 0 bridgehead atoms. The molecule has 1 aromatic rings. The smallest absolute Gasteiger partial charge is 0.257 e. The molecular weight excluding hydrogens is 292 g/mol. The lowest BCUT2D eigenvalue weighted by Gasteiger charge is -2.31. The van der Waals surface area contributed by atoms with Crippen LogP contribution in [0.4, 0.5) is 8.78 Å². The fraction of sp³-hybridized carbons (Fsp3) is 0.562. The van der Waals surface area contributed by atoms with Gasteiger partial charge in [-0.15, -0.1) is 0 Å². The summed E-state index contributed by atoms with van der Waals surface area (Å²) in [6.45, 7) is 4.16. The van der Waals surface area contributed by atoms with Gasteiger partial charge in [-0.05, 0) is 36.8 Å². The molecule has 6 heteroatoms. The highest BCUT2D eigenvalue weighted by Gasteiger charge is 2.28. The predicted molar refractivity (Wildman–Crippen MR) is 80.0 cm³/mol. The number of nitrogens with one attached hydrogen (secondary N) is 1. The monoisotopic (exact) mass is 315 g/mol. The molecule has 0 heterocycles. The first-order valence-electron chi connectivity index (χ1n) is 7.35. The normalized spacial score (nSPS) is 11.4. The maximum Gasteiger partial charge on any atom is 0.257 e. The van der Waals surface area contributed by atoms with Crippen molar-refractivity contribution in [3.8, 4) is 5.75 Å². The van der Waals surface area contributed by atoms with Crippen LogP contribution in [-0.4, -0.2) is 31.3 Å². The highest BCUT2D eigenvalue weighted by molar-refractivity contribution is 5.95. The summed E-state index contributed by atoms with van der Waals surface area (Å²) in [7, 11) is 1.25. The zero-order valence-corrected chi connectivity index (χ0v) is 13.2. The molecule has 0 saturated carbocycles. The van der Waals surface area contributed by atoms with Crippen molar-refractivity contribution in [2.24, 2.45) is 5.41 Å². The van der Waals surface area contributed by atoms with Crippen LogP contribution in [-0.2, 0) is 0 Å². The van der Waals surface area contributed by atoms with Crippen LogP contribution in [0, 0.1) is 17.0 Å². The fourth-order valence-corrected chi connectivity index (χ4v) is 2.43. The summed E-state index contributed by atoms with van der Waals surface area (Å²) in [6.07, 6.45) is 2.00. The van der Waals surface area contributed by atoms with E-state index in [2.05, 4.69) is 5.32 Å². The van der Waals surface area contributed by atoms with E-state index in [1.54, 1.807) is 0 Å². The number of benzene rings is 1. The topological polar surface area (TPSA) is 58.6 Å². The Balaban J connectivity index is 2.94. The number of hydrogen-bond donors (Lipinski definition) is 2. The van der Waals surface area contributed by atoms with Crippen molar-refractivity contribution in [3.05, 3.63) is 29.3 Å². The predicted octanol–water partition coefficient (Wildman–Crippen LogP) is 2.89. The molecular formula is C16H23F2NO3. The Hall–Kier alpha value is -1.69. The van der Waals surface area contributed by atoms with Gasteiger partial charge in [0.05, 0.1) is 7.11 Å². The summed E-state index contributed by atoms with van der Waals surface area (Å²) in [5, 5.41) is 11.7. The molecule has 2 N–H and O–H groups in total. The summed E-state index contributed by atoms with van der Waals surface area (Å²) in [6, 6.07) is 2.13. The average Bonchev–Trinajstić information content (AvgIpc) is 2.52. The second kappa shape index (κ2) is 8.08. The molecule has 1 amide bonds. The molecule has 0 aromatic heterocycles. The van der Waals surface area contributed by atoms with E-state index in [1.807, 2.05) is 13.8 Å². The summed E-state index contributed by atoms with van der Waals surface area (Å²) in [4.78, 5) is 12.1. The number of hydrogen-bond acceptors (Lipinski definition) is 3. The largest absolute Gasteiger partial charge is 0.494 e. The number of carbonyl (C=O) groups is 1. The van der Waals surface area contributed by atoms with Crippen LogP contribution < -0.4 is 10.1 Å². The van der Waals surface area contributed by atoms with Crippen LogP contribution in [0.1, 0.15) is 43.5 Å². The third-order valence-corrected chi connectivity index (χ3v) is 4.27. The van der Waals surface area contributed by atoms with Gasteiger partial charge in [0, 0.05) is 13.2 Å². The van der Waals surface area contributed by atoms with Crippen LogP contribution in [0.25, 0.3) is 0 Å². The second-order valence-electron chi connectivity index (χ2n) is 5.30. The van der Waals surface area contributed by atoms with E-state index in [-0.39, 0.29) is 24.3 Å². The van der Waals surface area contributed by atoms with Gasteiger partial charge >= 0.3 is 0 Å². The van der Waals surface area contributed by atoms with Crippen LogP contribution >= 0.6 is 0 Å². The number of ether oxygens (including phenoxy) is 1. The molecule has 0 radical (unpaired) electrons.